The Morgan fingerprint density at radius 1 is 1.33 bits per heavy atom. The number of aliphatic hydroxyl groups excluding tert-OH is 1. The van der Waals surface area contributed by atoms with Crippen LogP contribution in [0.4, 0.5) is 0 Å². The first-order chi connectivity index (χ1) is 5.75. The second-order valence-electron chi connectivity index (χ2n) is 4.26. The summed E-state index contributed by atoms with van der Waals surface area (Å²) in [7, 11) is 0. The third kappa shape index (κ3) is 3.14. The van der Waals surface area contributed by atoms with Crippen LogP contribution in [0.2, 0.25) is 0 Å². The highest BCUT2D eigenvalue weighted by Crippen LogP contribution is 2.39. The molecule has 0 heterocycles. The van der Waals surface area contributed by atoms with Crippen molar-refractivity contribution in [3.63, 3.8) is 0 Å². The molecule has 0 spiro atoms. The molecule has 1 rings (SSSR count). The van der Waals surface area contributed by atoms with Crippen molar-refractivity contribution in [2.45, 2.75) is 58.5 Å². The molecule has 12 heavy (non-hydrogen) atoms. The molecular formula is C11H22O. The van der Waals surface area contributed by atoms with E-state index in [4.69, 9.17) is 0 Å². The van der Waals surface area contributed by atoms with Gasteiger partial charge in [0.25, 0.3) is 0 Å². The minimum Gasteiger partial charge on any atom is -0.393 e. The maximum absolute atomic E-state index is 9.75. The molecule has 2 unspecified atom stereocenters. The zero-order valence-electron chi connectivity index (χ0n) is 8.42. The van der Waals surface area contributed by atoms with Gasteiger partial charge in [0.15, 0.2) is 0 Å². The van der Waals surface area contributed by atoms with Gasteiger partial charge < -0.3 is 5.11 Å². The van der Waals surface area contributed by atoms with Gasteiger partial charge in [0.2, 0.25) is 0 Å². The summed E-state index contributed by atoms with van der Waals surface area (Å²) < 4.78 is 0. The van der Waals surface area contributed by atoms with E-state index in [0.717, 1.165) is 12.3 Å². The molecule has 72 valence electrons. The summed E-state index contributed by atoms with van der Waals surface area (Å²) in [4.78, 5) is 0. The van der Waals surface area contributed by atoms with Crippen LogP contribution in [0.5, 0.6) is 0 Å². The molecule has 1 N–H and O–H groups in total. The van der Waals surface area contributed by atoms with Gasteiger partial charge in [-0.2, -0.15) is 0 Å². The molecule has 1 fully saturated rings. The van der Waals surface area contributed by atoms with Gasteiger partial charge in [0.1, 0.15) is 0 Å². The van der Waals surface area contributed by atoms with E-state index < -0.39 is 0 Å². The average molecular weight is 170 g/mol. The molecule has 1 aliphatic rings. The number of aliphatic hydroxyl groups is 1. The lowest BCUT2D eigenvalue weighted by atomic mass is 9.95. The predicted molar refractivity (Wildman–Crippen MR) is 52.0 cm³/mol. The van der Waals surface area contributed by atoms with Gasteiger partial charge in [-0.3, -0.25) is 0 Å². The second-order valence-corrected chi connectivity index (χ2v) is 4.26. The molecule has 0 saturated heterocycles. The van der Waals surface area contributed by atoms with Crippen molar-refractivity contribution >= 4 is 0 Å². The van der Waals surface area contributed by atoms with Gasteiger partial charge >= 0.3 is 0 Å². The van der Waals surface area contributed by atoms with E-state index in [2.05, 4.69) is 13.8 Å². The minimum atomic E-state index is -0.0240. The van der Waals surface area contributed by atoms with Crippen LogP contribution >= 0.6 is 0 Å². The van der Waals surface area contributed by atoms with Gasteiger partial charge in [0.05, 0.1) is 6.10 Å². The van der Waals surface area contributed by atoms with Crippen LogP contribution in [0.3, 0.4) is 0 Å². The highest BCUT2D eigenvalue weighted by atomic mass is 16.3. The second kappa shape index (κ2) is 4.86. The van der Waals surface area contributed by atoms with Gasteiger partial charge in [-0.25, -0.2) is 0 Å². The van der Waals surface area contributed by atoms with Gasteiger partial charge in [-0.1, -0.05) is 33.1 Å². The van der Waals surface area contributed by atoms with Crippen LogP contribution in [-0.2, 0) is 0 Å². The fourth-order valence-electron chi connectivity index (χ4n) is 1.80. The lowest BCUT2D eigenvalue weighted by molar-refractivity contribution is 0.0938. The molecule has 0 aromatic heterocycles. The van der Waals surface area contributed by atoms with Crippen molar-refractivity contribution in [2.24, 2.45) is 11.8 Å². The Hall–Kier alpha value is -0.0400. The normalized spacial score (nSPS) is 22.2. The molecule has 1 nitrogen and oxygen atoms in total. The van der Waals surface area contributed by atoms with Crippen molar-refractivity contribution in [1.82, 2.24) is 0 Å². The van der Waals surface area contributed by atoms with E-state index in [1.807, 2.05) is 0 Å². The summed E-state index contributed by atoms with van der Waals surface area (Å²) in [6.45, 7) is 4.41. The molecule has 0 aromatic carbocycles. The van der Waals surface area contributed by atoms with Crippen LogP contribution in [0.25, 0.3) is 0 Å². The largest absolute Gasteiger partial charge is 0.393 e. The third-order valence-electron chi connectivity index (χ3n) is 3.08. The Kier molecular flexibility index (Phi) is 4.07. The Morgan fingerprint density at radius 3 is 2.50 bits per heavy atom. The summed E-state index contributed by atoms with van der Waals surface area (Å²) in [5.74, 6) is 1.41. The molecule has 0 bridgehead atoms. The SMILES string of the molecule is CCCCCC(O)C(C)C1CC1. The van der Waals surface area contributed by atoms with E-state index in [1.54, 1.807) is 0 Å². The van der Waals surface area contributed by atoms with Crippen LogP contribution in [0.1, 0.15) is 52.4 Å². The molecule has 1 saturated carbocycles. The highest BCUT2D eigenvalue weighted by molar-refractivity contribution is 4.82. The van der Waals surface area contributed by atoms with Crippen LogP contribution < -0.4 is 0 Å². The Bertz CT molecular complexity index is 118. The summed E-state index contributed by atoms with van der Waals surface area (Å²) in [6, 6.07) is 0. The van der Waals surface area contributed by atoms with Crippen molar-refractivity contribution < 1.29 is 5.11 Å². The lowest BCUT2D eigenvalue weighted by Gasteiger charge is -2.17. The summed E-state index contributed by atoms with van der Waals surface area (Å²) in [6.07, 6.45) is 7.43. The van der Waals surface area contributed by atoms with Gasteiger partial charge in [-0.05, 0) is 31.1 Å². The van der Waals surface area contributed by atoms with E-state index in [-0.39, 0.29) is 6.10 Å². The Labute approximate surface area is 76.2 Å². The molecule has 2 atom stereocenters. The predicted octanol–water partition coefficient (Wildman–Crippen LogP) is 2.97. The van der Waals surface area contributed by atoms with E-state index in [0.29, 0.717) is 5.92 Å². The number of hydrogen-bond donors (Lipinski definition) is 1. The standard InChI is InChI=1S/C11H22O/c1-3-4-5-6-11(12)9(2)10-7-8-10/h9-12H,3-8H2,1-2H3. The van der Waals surface area contributed by atoms with Crippen LogP contribution in [0.15, 0.2) is 0 Å². The quantitative estimate of drug-likeness (QED) is 0.608. The van der Waals surface area contributed by atoms with E-state index in [9.17, 15) is 5.11 Å². The molecule has 1 aliphatic carbocycles. The fourth-order valence-corrected chi connectivity index (χ4v) is 1.80. The zero-order valence-corrected chi connectivity index (χ0v) is 8.42. The fraction of sp³-hybridized carbons (Fsp3) is 1.00. The van der Waals surface area contributed by atoms with Gasteiger partial charge in [-0.15, -0.1) is 0 Å². The van der Waals surface area contributed by atoms with Crippen molar-refractivity contribution in [1.29, 1.82) is 0 Å². The first-order valence-corrected chi connectivity index (χ1v) is 5.43. The molecule has 0 aliphatic heterocycles. The van der Waals surface area contributed by atoms with Crippen molar-refractivity contribution in [3.8, 4) is 0 Å². The number of hydrogen-bond acceptors (Lipinski definition) is 1. The van der Waals surface area contributed by atoms with Crippen molar-refractivity contribution in [3.05, 3.63) is 0 Å². The highest BCUT2D eigenvalue weighted by Gasteiger charge is 2.31. The van der Waals surface area contributed by atoms with E-state index in [1.165, 1.54) is 32.1 Å². The summed E-state index contributed by atoms with van der Waals surface area (Å²) in [5, 5.41) is 9.75. The molecule has 0 aromatic rings. The lowest BCUT2D eigenvalue weighted by Crippen LogP contribution is -2.18. The monoisotopic (exact) mass is 170 g/mol. The van der Waals surface area contributed by atoms with Crippen LogP contribution in [0, 0.1) is 11.8 Å². The summed E-state index contributed by atoms with van der Waals surface area (Å²) in [5.41, 5.74) is 0. The average Bonchev–Trinajstić information content (AvgIpc) is 2.86. The molecular weight excluding hydrogens is 148 g/mol. The Morgan fingerprint density at radius 2 is 2.00 bits per heavy atom. The summed E-state index contributed by atoms with van der Waals surface area (Å²) >= 11 is 0. The third-order valence-corrected chi connectivity index (χ3v) is 3.08. The van der Waals surface area contributed by atoms with Crippen LogP contribution in [-0.4, -0.2) is 11.2 Å². The molecule has 0 amide bonds. The van der Waals surface area contributed by atoms with Crippen molar-refractivity contribution in [2.75, 3.05) is 0 Å². The zero-order chi connectivity index (χ0) is 8.97. The maximum atomic E-state index is 9.75. The smallest absolute Gasteiger partial charge is 0.0568 e. The van der Waals surface area contributed by atoms with E-state index >= 15 is 0 Å². The first-order valence-electron chi connectivity index (χ1n) is 5.43. The molecule has 0 radical (unpaired) electrons. The maximum Gasteiger partial charge on any atom is 0.0568 e. The minimum absolute atomic E-state index is 0.0240. The molecule has 1 heteroatoms. The number of unbranched alkanes of at least 4 members (excludes halogenated alkanes) is 2. The Balaban J connectivity index is 2.04. The topological polar surface area (TPSA) is 20.2 Å². The number of rotatable bonds is 6. The first kappa shape index (κ1) is 10.0. The van der Waals surface area contributed by atoms with Gasteiger partial charge in [0, 0.05) is 0 Å².